The molecule has 1 aromatic rings. The van der Waals surface area contributed by atoms with Crippen LogP contribution in [0.3, 0.4) is 0 Å². The maximum atomic E-state index is 12.3. The monoisotopic (exact) mass is 290 g/mol. The lowest BCUT2D eigenvalue weighted by Gasteiger charge is -2.24. The van der Waals surface area contributed by atoms with Crippen LogP contribution in [0.4, 0.5) is 0 Å². The van der Waals surface area contributed by atoms with Crippen LogP contribution in [-0.4, -0.2) is 36.5 Å². The zero-order chi connectivity index (χ0) is 15.4. The Kier molecular flexibility index (Phi) is 5.23. The van der Waals surface area contributed by atoms with Crippen LogP contribution in [0.2, 0.25) is 0 Å². The molecule has 1 amide bonds. The zero-order valence-electron chi connectivity index (χ0n) is 13.3. The quantitative estimate of drug-likeness (QED) is 0.906. The molecule has 116 valence electrons. The fourth-order valence-electron chi connectivity index (χ4n) is 2.88. The lowest BCUT2D eigenvalue weighted by Crippen LogP contribution is -2.42. The number of nitrogens with zero attached hydrogens (tertiary/aromatic N) is 1. The van der Waals surface area contributed by atoms with Gasteiger partial charge in [-0.25, -0.2) is 0 Å². The van der Waals surface area contributed by atoms with E-state index >= 15 is 0 Å². The second-order valence-electron chi connectivity index (χ2n) is 6.10. The van der Waals surface area contributed by atoms with Gasteiger partial charge in [0.05, 0.1) is 0 Å². The number of aryl methyl sites for hydroxylation is 1. The molecule has 0 spiro atoms. The molecule has 4 nitrogen and oxygen atoms in total. The van der Waals surface area contributed by atoms with Crippen molar-refractivity contribution >= 4 is 5.91 Å². The molecule has 1 aliphatic rings. The van der Waals surface area contributed by atoms with E-state index in [0.717, 1.165) is 36.3 Å². The third-order valence-corrected chi connectivity index (χ3v) is 4.11. The molecule has 0 radical (unpaired) electrons. The highest BCUT2D eigenvalue weighted by molar-refractivity contribution is 5.78. The largest absolute Gasteiger partial charge is 0.483 e. The van der Waals surface area contributed by atoms with Crippen LogP contribution >= 0.6 is 0 Å². The van der Waals surface area contributed by atoms with E-state index in [4.69, 9.17) is 10.5 Å². The van der Waals surface area contributed by atoms with Gasteiger partial charge in [-0.3, -0.25) is 4.79 Å². The Morgan fingerprint density at radius 1 is 1.48 bits per heavy atom. The fourth-order valence-corrected chi connectivity index (χ4v) is 2.88. The highest BCUT2D eigenvalue weighted by Crippen LogP contribution is 2.27. The topological polar surface area (TPSA) is 55.6 Å². The lowest BCUT2D eigenvalue weighted by molar-refractivity contribution is -0.134. The van der Waals surface area contributed by atoms with E-state index in [9.17, 15) is 4.79 Å². The first-order chi connectivity index (χ1) is 10.0. The Morgan fingerprint density at radius 2 is 2.24 bits per heavy atom. The Labute approximate surface area is 127 Å². The van der Waals surface area contributed by atoms with Crippen LogP contribution in [0.15, 0.2) is 18.2 Å². The van der Waals surface area contributed by atoms with Crippen molar-refractivity contribution in [2.24, 2.45) is 5.73 Å². The SMILES string of the molecule is Cc1ccc(C(C)C)c(OCC(=O)N2CCC[C@H]2CN)c1. The van der Waals surface area contributed by atoms with Gasteiger partial charge in [-0.2, -0.15) is 0 Å². The van der Waals surface area contributed by atoms with Crippen molar-refractivity contribution in [3.8, 4) is 5.75 Å². The van der Waals surface area contributed by atoms with Crippen molar-refractivity contribution in [3.05, 3.63) is 29.3 Å². The normalized spacial score (nSPS) is 18.3. The van der Waals surface area contributed by atoms with Crippen LogP contribution in [0.5, 0.6) is 5.75 Å². The predicted octanol–water partition coefficient (Wildman–Crippen LogP) is 2.45. The van der Waals surface area contributed by atoms with E-state index in [1.165, 1.54) is 0 Å². The second kappa shape index (κ2) is 6.94. The molecule has 1 atom stereocenters. The average Bonchev–Trinajstić information content (AvgIpc) is 2.93. The summed E-state index contributed by atoms with van der Waals surface area (Å²) >= 11 is 0. The molecule has 2 N–H and O–H groups in total. The molecule has 0 unspecified atom stereocenters. The van der Waals surface area contributed by atoms with Crippen LogP contribution in [0.25, 0.3) is 0 Å². The predicted molar refractivity (Wildman–Crippen MR) is 84.6 cm³/mol. The van der Waals surface area contributed by atoms with Crippen molar-refractivity contribution in [2.75, 3.05) is 19.7 Å². The maximum absolute atomic E-state index is 12.3. The molecule has 1 fully saturated rings. The number of likely N-dealkylation sites (tertiary alicyclic amines) is 1. The molecule has 1 heterocycles. The summed E-state index contributed by atoms with van der Waals surface area (Å²) in [6.45, 7) is 7.72. The minimum Gasteiger partial charge on any atom is -0.483 e. The summed E-state index contributed by atoms with van der Waals surface area (Å²) in [5, 5.41) is 0. The van der Waals surface area contributed by atoms with Gasteiger partial charge < -0.3 is 15.4 Å². The number of carbonyl (C=O) groups excluding carboxylic acids is 1. The fraction of sp³-hybridized carbons (Fsp3) is 0.588. The number of hydrogen-bond acceptors (Lipinski definition) is 3. The molecule has 0 aliphatic carbocycles. The summed E-state index contributed by atoms with van der Waals surface area (Å²) in [5.41, 5.74) is 8.00. The minimum absolute atomic E-state index is 0.0409. The Bertz CT molecular complexity index is 500. The van der Waals surface area contributed by atoms with Crippen molar-refractivity contribution in [1.29, 1.82) is 0 Å². The summed E-state index contributed by atoms with van der Waals surface area (Å²) < 4.78 is 5.81. The van der Waals surface area contributed by atoms with Gasteiger partial charge in [0.15, 0.2) is 6.61 Å². The van der Waals surface area contributed by atoms with Gasteiger partial charge in [0.1, 0.15) is 5.75 Å². The van der Waals surface area contributed by atoms with E-state index < -0.39 is 0 Å². The number of nitrogens with two attached hydrogens (primary N) is 1. The van der Waals surface area contributed by atoms with Crippen LogP contribution in [0.1, 0.15) is 43.7 Å². The standard InChI is InChI=1S/C17H26N2O2/c1-12(2)15-7-6-13(3)9-16(15)21-11-17(20)19-8-4-5-14(19)10-18/h6-7,9,12,14H,4-5,8,10-11,18H2,1-3H3/t14-/m0/s1. The summed E-state index contributed by atoms with van der Waals surface area (Å²) in [5.74, 6) is 1.24. The van der Waals surface area contributed by atoms with E-state index in [-0.39, 0.29) is 18.6 Å². The third-order valence-electron chi connectivity index (χ3n) is 4.11. The summed E-state index contributed by atoms with van der Waals surface area (Å²) in [6.07, 6.45) is 2.04. The van der Waals surface area contributed by atoms with Gasteiger partial charge in [0.25, 0.3) is 5.91 Å². The average molecular weight is 290 g/mol. The molecule has 21 heavy (non-hydrogen) atoms. The van der Waals surface area contributed by atoms with E-state index in [2.05, 4.69) is 26.0 Å². The lowest BCUT2D eigenvalue weighted by atomic mass is 10.0. The number of ether oxygens (including phenoxy) is 1. The Hall–Kier alpha value is -1.55. The molecule has 1 aromatic carbocycles. The molecule has 1 saturated heterocycles. The van der Waals surface area contributed by atoms with Crippen molar-refractivity contribution in [2.45, 2.75) is 45.6 Å². The van der Waals surface area contributed by atoms with Crippen LogP contribution < -0.4 is 10.5 Å². The first-order valence-corrected chi connectivity index (χ1v) is 7.75. The smallest absolute Gasteiger partial charge is 0.260 e. The Morgan fingerprint density at radius 3 is 2.90 bits per heavy atom. The number of amides is 1. The molecule has 0 saturated carbocycles. The van der Waals surface area contributed by atoms with E-state index in [1.54, 1.807) is 0 Å². The molecular formula is C17H26N2O2. The maximum Gasteiger partial charge on any atom is 0.260 e. The van der Waals surface area contributed by atoms with Gasteiger partial charge in [-0.1, -0.05) is 26.0 Å². The number of benzene rings is 1. The Balaban J connectivity index is 2.02. The molecule has 0 aromatic heterocycles. The van der Waals surface area contributed by atoms with E-state index in [1.807, 2.05) is 17.9 Å². The summed E-state index contributed by atoms with van der Waals surface area (Å²) in [6, 6.07) is 6.35. The number of carbonyl (C=O) groups is 1. The molecular weight excluding hydrogens is 264 g/mol. The van der Waals surface area contributed by atoms with Gasteiger partial charge >= 0.3 is 0 Å². The van der Waals surface area contributed by atoms with Crippen LogP contribution in [0, 0.1) is 6.92 Å². The number of rotatable bonds is 5. The van der Waals surface area contributed by atoms with Gasteiger partial charge in [0.2, 0.25) is 0 Å². The van der Waals surface area contributed by atoms with Gasteiger partial charge in [-0.15, -0.1) is 0 Å². The third kappa shape index (κ3) is 3.76. The second-order valence-corrected chi connectivity index (χ2v) is 6.10. The van der Waals surface area contributed by atoms with E-state index in [0.29, 0.717) is 12.5 Å². The molecule has 4 heteroatoms. The first kappa shape index (κ1) is 15.8. The summed E-state index contributed by atoms with van der Waals surface area (Å²) in [4.78, 5) is 14.2. The molecule has 1 aliphatic heterocycles. The van der Waals surface area contributed by atoms with Crippen LogP contribution in [-0.2, 0) is 4.79 Å². The highest BCUT2D eigenvalue weighted by Gasteiger charge is 2.27. The molecule has 2 rings (SSSR count). The van der Waals surface area contributed by atoms with Crippen molar-refractivity contribution in [1.82, 2.24) is 4.90 Å². The van der Waals surface area contributed by atoms with Gasteiger partial charge in [-0.05, 0) is 42.9 Å². The highest BCUT2D eigenvalue weighted by atomic mass is 16.5. The first-order valence-electron chi connectivity index (χ1n) is 7.75. The number of hydrogen-bond donors (Lipinski definition) is 1. The molecule has 0 bridgehead atoms. The summed E-state index contributed by atoms with van der Waals surface area (Å²) in [7, 11) is 0. The van der Waals surface area contributed by atoms with Crippen molar-refractivity contribution < 1.29 is 9.53 Å². The minimum atomic E-state index is 0.0409. The van der Waals surface area contributed by atoms with Gasteiger partial charge in [0, 0.05) is 19.1 Å². The zero-order valence-corrected chi connectivity index (χ0v) is 13.3. The van der Waals surface area contributed by atoms with Crippen molar-refractivity contribution in [3.63, 3.8) is 0 Å².